The molecule has 34 heavy (non-hydrogen) atoms. The molecule has 2 N–H and O–H groups in total. The summed E-state index contributed by atoms with van der Waals surface area (Å²) in [6, 6.07) is 10.4. The summed E-state index contributed by atoms with van der Waals surface area (Å²) < 4.78 is 17.3. The van der Waals surface area contributed by atoms with Crippen molar-refractivity contribution in [2.45, 2.75) is 25.3 Å². The molecule has 4 rings (SSSR count). The average Bonchev–Trinajstić information content (AvgIpc) is 3.64. The van der Waals surface area contributed by atoms with Gasteiger partial charge in [-0.25, -0.2) is 4.79 Å². The zero-order valence-corrected chi connectivity index (χ0v) is 19.9. The van der Waals surface area contributed by atoms with E-state index in [-0.39, 0.29) is 17.6 Å². The van der Waals surface area contributed by atoms with Gasteiger partial charge in [-0.05, 0) is 37.5 Å². The lowest BCUT2D eigenvalue weighted by molar-refractivity contribution is 0.251. The van der Waals surface area contributed by atoms with Gasteiger partial charge in [0.15, 0.2) is 17.2 Å². The van der Waals surface area contributed by atoms with Crippen LogP contribution in [0.3, 0.4) is 0 Å². The number of hydrogen-bond acceptors (Lipinski definition) is 6. The number of halogens is 2. The molecule has 0 spiro atoms. The minimum Gasteiger partial charge on any atom is -0.493 e. The van der Waals surface area contributed by atoms with Crippen LogP contribution in [0.4, 0.5) is 10.5 Å². The number of urea groups is 1. The summed E-state index contributed by atoms with van der Waals surface area (Å²) in [7, 11) is 1.53. The number of pyridine rings is 1. The molecule has 1 aliphatic carbocycles. The highest BCUT2D eigenvalue weighted by atomic mass is 35.5. The van der Waals surface area contributed by atoms with Crippen LogP contribution < -0.4 is 24.8 Å². The number of nitrogens with zero attached hydrogens (tertiary/aromatic N) is 2. The highest BCUT2D eigenvalue weighted by Crippen LogP contribution is 2.40. The highest BCUT2D eigenvalue weighted by Gasteiger charge is 2.23. The van der Waals surface area contributed by atoms with E-state index in [9.17, 15) is 10.1 Å². The number of methoxy groups -OCH3 is 1. The number of fused-ring (bicyclic) bond motifs is 1. The Labute approximate surface area is 206 Å². The number of carbonyl (C=O) groups excluding carboxylic acids is 1. The Balaban J connectivity index is 1.63. The van der Waals surface area contributed by atoms with Crippen molar-refractivity contribution < 1.29 is 19.0 Å². The van der Waals surface area contributed by atoms with Gasteiger partial charge in [0.05, 0.1) is 29.9 Å². The van der Waals surface area contributed by atoms with E-state index in [1.54, 1.807) is 30.3 Å². The Morgan fingerprint density at radius 3 is 2.76 bits per heavy atom. The van der Waals surface area contributed by atoms with Crippen molar-refractivity contribution in [2.75, 3.05) is 24.9 Å². The number of benzene rings is 2. The first-order valence-corrected chi connectivity index (χ1v) is 11.6. The number of rotatable bonds is 9. The fraction of sp³-hybridized carbons (Fsp3) is 0.292. The largest absolute Gasteiger partial charge is 0.493 e. The SMILES string of the molecule is COc1cc2c(Oc3ccc(NC(=O)NC4CC4)c(Cl)c3)c(C#N)cnc2cc1OCCCCl. The molecule has 0 bridgehead atoms. The van der Waals surface area contributed by atoms with Crippen LogP contribution in [0.5, 0.6) is 23.0 Å². The molecular weight excluding hydrogens is 479 g/mol. The summed E-state index contributed by atoms with van der Waals surface area (Å²) in [6.45, 7) is 0.433. The Morgan fingerprint density at radius 1 is 1.26 bits per heavy atom. The molecule has 1 fully saturated rings. The topological polar surface area (TPSA) is 106 Å². The molecule has 2 amide bonds. The van der Waals surface area contributed by atoms with Crippen LogP contribution in [-0.4, -0.2) is 36.7 Å². The van der Waals surface area contributed by atoms with Gasteiger partial charge in [-0.1, -0.05) is 11.6 Å². The molecule has 8 nitrogen and oxygen atoms in total. The number of carbonyl (C=O) groups is 1. The molecule has 0 unspecified atom stereocenters. The minimum atomic E-state index is -0.305. The zero-order chi connectivity index (χ0) is 24.1. The third-order valence-electron chi connectivity index (χ3n) is 5.08. The second-order valence-corrected chi connectivity index (χ2v) is 8.43. The molecule has 10 heteroatoms. The Kier molecular flexibility index (Phi) is 7.46. The monoisotopic (exact) mass is 500 g/mol. The molecule has 3 aromatic rings. The van der Waals surface area contributed by atoms with E-state index in [2.05, 4.69) is 21.7 Å². The predicted molar refractivity (Wildman–Crippen MR) is 131 cm³/mol. The molecule has 0 aliphatic heterocycles. The maximum Gasteiger partial charge on any atom is 0.319 e. The lowest BCUT2D eigenvalue weighted by Crippen LogP contribution is -2.30. The van der Waals surface area contributed by atoms with Gasteiger partial charge >= 0.3 is 6.03 Å². The summed E-state index contributed by atoms with van der Waals surface area (Å²) in [4.78, 5) is 16.4. The molecular formula is C24H22Cl2N4O4. The lowest BCUT2D eigenvalue weighted by atomic mass is 10.1. The van der Waals surface area contributed by atoms with E-state index in [0.29, 0.717) is 63.5 Å². The normalized spacial score (nSPS) is 12.6. The third-order valence-corrected chi connectivity index (χ3v) is 5.66. The van der Waals surface area contributed by atoms with E-state index in [1.807, 2.05) is 0 Å². The van der Waals surface area contributed by atoms with Crippen molar-refractivity contribution in [1.82, 2.24) is 10.3 Å². The second-order valence-electron chi connectivity index (χ2n) is 7.64. The Bertz CT molecular complexity index is 1260. The summed E-state index contributed by atoms with van der Waals surface area (Å²) in [5, 5.41) is 16.1. The molecule has 1 aliphatic rings. The van der Waals surface area contributed by atoms with Crippen LogP contribution in [0, 0.1) is 11.3 Å². The molecule has 176 valence electrons. The molecule has 2 aromatic carbocycles. The standard InChI is InChI=1S/C24H22Cl2N4O4/c1-32-21-10-17-20(11-22(21)33-8-2-7-25)28-13-14(12-27)23(17)34-16-5-6-19(18(26)9-16)30-24(31)29-15-3-4-15/h5-6,9-11,13,15H,2-4,7-8H2,1H3,(H2,29,30,31). The summed E-state index contributed by atoms with van der Waals surface area (Å²) >= 11 is 12.1. The summed E-state index contributed by atoms with van der Waals surface area (Å²) in [5.74, 6) is 2.18. The fourth-order valence-corrected chi connectivity index (χ4v) is 3.55. The number of nitriles is 1. The molecule has 1 saturated carbocycles. The van der Waals surface area contributed by atoms with Crippen LogP contribution in [0.1, 0.15) is 24.8 Å². The van der Waals surface area contributed by atoms with Crippen molar-refractivity contribution in [3.8, 4) is 29.1 Å². The van der Waals surface area contributed by atoms with Gasteiger partial charge in [-0.15, -0.1) is 11.6 Å². The zero-order valence-electron chi connectivity index (χ0n) is 18.4. The number of hydrogen-bond donors (Lipinski definition) is 2. The second kappa shape index (κ2) is 10.7. The number of aromatic nitrogens is 1. The quantitative estimate of drug-likeness (QED) is 0.281. The number of anilines is 1. The maximum absolute atomic E-state index is 12.0. The third kappa shape index (κ3) is 5.56. The van der Waals surface area contributed by atoms with Crippen molar-refractivity contribution >= 4 is 45.8 Å². The fourth-order valence-electron chi connectivity index (χ4n) is 3.22. The van der Waals surface area contributed by atoms with Gasteiger partial charge in [-0.3, -0.25) is 4.98 Å². The first-order valence-electron chi connectivity index (χ1n) is 10.7. The predicted octanol–water partition coefficient (Wildman–Crippen LogP) is 5.85. The first kappa shape index (κ1) is 23.7. The van der Waals surface area contributed by atoms with Gasteiger partial charge in [0, 0.05) is 35.6 Å². The van der Waals surface area contributed by atoms with Crippen LogP contribution >= 0.6 is 23.2 Å². The van der Waals surface area contributed by atoms with Crippen LogP contribution in [0.25, 0.3) is 10.9 Å². The molecule has 0 atom stereocenters. The van der Waals surface area contributed by atoms with E-state index in [4.69, 9.17) is 37.4 Å². The number of alkyl halides is 1. The Morgan fingerprint density at radius 2 is 2.09 bits per heavy atom. The first-order chi connectivity index (χ1) is 16.5. The van der Waals surface area contributed by atoms with Gasteiger partial charge < -0.3 is 24.8 Å². The van der Waals surface area contributed by atoms with Gasteiger partial charge in [0.25, 0.3) is 0 Å². The minimum absolute atomic E-state index is 0.231. The maximum atomic E-state index is 12.0. The van der Waals surface area contributed by atoms with E-state index in [0.717, 1.165) is 12.8 Å². The van der Waals surface area contributed by atoms with Crippen molar-refractivity contribution in [2.24, 2.45) is 0 Å². The van der Waals surface area contributed by atoms with Crippen LogP contribution in [0.2, 0.25) is 5.02 Å². The summed E-state index contributed by atoms with van der Waals surface area (Å²) in [5.41, 5.74) is 1.26. The number of ether oxygens (including phenoxy) is 3. The molecule has 1 aromatic heterocycles. The molecule has 0 radical (unpaired) electrons. The van der Waals surface area contributed by atoms with Gasteiger partial charge in [-0.2, -0.15) is 5.26 Å². The number of nitrogens with one attached hydrogen (secondary N) is 2. The van der Waals surface area contributed by atoms with E-state index >= 15 is 0 Å². The van der Waals surface area contributed by atoms with Crippen LogP contribution in [-0.2, 0) is 0 Å². The average molecular weight is 501 g/mol. The van der Waals surface area contributed by atoms with E-state index in [1.165, 1.54) is 13.3 Å². The highest BCUT2D eigenvalue weighted by molar-refractivity contribution is 6.33. The van der Waals surface area contributed by atoms with Crippen molar-refractivity contribution in [3.63, 3.8) is 0 Å². The molecule has 1 heterocycles. The number of amides is 2. The Hall–Kier alpha value is -3.41. The van der Waals surface area contributed by atoms with Crippen molar-refractivity contribution in [1.29, 1.82) is 5.26 Å². The van der Waals surface area contributed by atoms with Crippen LogP contribution in [0.15, 0.2) is 36.5 Å². The van der Waals surface area contributed by atoms with Crippen molar-refractivity contribution in [3.05, 3.63) is 47.1 Å². The molecule has 0 saturated heterocycles. The summed E-state index contributed by atoms with van der Waals surface area (Å²) in [6.07, 6.45) is 4.10. The smallest absolute Gasteiger partial charge is 0.319 e. The van der Waals surface area contributed by atoms with Gasteiger partial charge in [0.2, 0.25) is 0 Å². The van der Waals surface area contributed by atoms with E-state index < -0.39 is 0 Å². The van der Waals surface area contributed by atoms with Gasteiger partial charge in [0.1, 0.15) is 17.4 Å². The lowest BCUT2D eigenvalue weighted by Gasteiger charge is -2.15.